The van der Waals surface area contributed by atoms with Gasteiger partial charge >= 0.3 is 0 Å². The third-order valence-electron chi connectivity index (χ3n) is 5.02. The Morgan fingerprint density at radius 2 is 2.13 bits per heavy atom. The van der Waals surface area contributed by atoms with Gasteiger partial charge in [0.25, 0.3) is 0 Å². The van der Waals surface area contributed by atoms with Crippen molar-refractivity contribution < 1.29 is 19.3 Å². The molecule has 5 heteroatoms. The molecular weight excluding hydrogens is 294 g/mol. The summed E-state index contributed by atoms with van der Waals surface area (Å²) >= 11 is 0. The van der Waals surface area contributed by atoms with Gasteiger partial charge in [-0.15, -0.1) is 0 Å². The number of phenols is 1. The normalized spacial score (nSPS) is 20.0. The van der Waals surface area contributed by atoms with Gasteiger partial charge in [-0.05, 0) is 59.8 Å². The van der Waals surface area contributed by atoms with E-state index in [0.29, 0.717) is 5.75 Å². The van der Waals surface area contributed by atoms with Gasteiger partial charge in [0.2, 0.25) is 6.79 Å². The van der Waals surface area contributed by atoms with E-state index in [0.717, 1.165) is 47.6 Å². The Hall–Kier alpha value is -2.40. The van der Waals surface area contributed by atoms with E-state index in [2.05, 4.69) is 11.4 Å². The largest absolute Gasteiger partial charge is 0.504 e. The maximum atomic E-state index is 10.1. The second kappa shape index (κ2) is 4.55. The highest BCUT2D eigenvalue weighted by Gasteiger charge is 2.35. The van der Waals surface area contributed by atoms with Crippen molar-refractivity contribution in [3.05, 3.63) is 34.9 Å². The minimum atomic E-state index is 0.176. The van der Waals surface area contributed by atoms with Crippen molar-refractivity contribution in [1.82, 2.24) is 5.32 Å². The zero-order valence-corrected chi connectivity index (χ0v) is 12.8. The highest BCUT2D eigenvalue weighted by molar-refractivity contribution is 5.85. The summed E-state index contributed by atoms with van der Waals surface area (Å²) in [5.41, 5.74) is 5.89. The van der Waals surface area contributed by atoms with Crippen LogP contribution >= 0.6 is 0 Å². The molecule has 0 saturated heterocycles. The monoisotopic (exact) mass is 311 g/mol. The summed E-state index contributed by atoms with van der Waals surface area (Å²) in [4.78, 5) is 0. The van der Waals surface area contributed by atoms with E-state index in [1.54, 1.807) is 7.11 Å². The first-order chi connectivity index (χ1) is 11.3. The van der Waals surface area contributed by atoms with Crippen molar-refractivity contribution in [1.29, 1.82) is 0 Å². The molecule has 0 amide bonds. The van der Waals surface area contributed by atoms with Crippen LogP contribution in [0.15, 0.2) is 18.2 Å². The molecule has 5 rings (SSSR count). The molecule has 3 aliphatic rings. The highest BCUT2D eigenvalue weighted by Crippen LogP contribution is 2.53. The van der Waals surface area contributed by atoms with E-state index in [4.69, 9.17) is 14.2 Å². The lowest BCUT2D eigenvalue weighted by atomic mass is 9.77. The molecule has 2 aliphatic heterocycles. The molecule has 1 atom stereocenters. The Labute approximate surface area is 133 Å². The van der Waals surface area contributed by atoms with Crippen molar-refractivity contribution in [3.8, 4) is 34.1 Å². The molecule has 1 aliphatic carbocycles. The molecule has 0 bridgehead atoms. The van der Waals surface area contributed by atoms with Gasteiger partial charge in [-0.1, -0.05) is 0 Å². The van der Waals surface area contributed by atoms with E-state index in [-0.39, 0.29) is 18.6 Å². The summed E-state index contributed by atoms with van der Waals surface area (Å²) in [7, 11) is 1.57. The van der Waals surface area contributed by atoms with Gasteiger partial charge in [-0.25, -0.2) is 0 Å². The van der Waals surface area contributed by atoms with Crippen LogP contribution in [0, 0.1) is 0 Å². The molecule has 0 radical (unpaired) electrons. The number of aromatic hydroxyl groups is 1. The summed E-state index contributed by atoms with van der Waals surface area (Å²) < 4.78 is 16.7. The number of phenolic OH excluding ortho intramolecular Hbond substituents is 1. The van der Waals surface area contributed by atoms with Crippen LogP contribution in [0.1, 0.15) is 22.7 Å². The smallest absolute Gasteiger partial charge is 0.231 e. The topological polar surface area (TPSA) is 60.0 Å². The lowest BCUT2D eigenvalue weighted by molar-refractivity contribution is 0.174. The second-order valence-electron chi connectivity index (χ2n) is 6.20. The first kappa shape index (κ1) is 13.1. The Kier molecular flexibility index (Phi) is 2.59. The lowest BCUT2D eigenvalue weighted by Crippen LogP contribution is -2.33. The molecule has 0 fully saturated rings. The Morgan fingerprint density at radius 1 is 1.22 bits per heavy atom. The van der Waals surface area contributed by atoms with Gasteiger partial charge < -0.3 is 24.6 Å². The van der Waals surface area contributed by atoms with Crippen LogP contribution in [0.3, 0.4) is 0 Å². The predicted octanol–water partition coefficient (Wildman–Crippen LogP) is 2.54. The summed E-state index contributed by atoms with van der Waals surface area (Å²) in [5, 5.41) is 13.7. The zero-order chi connectivity index (χ0) is 15.6. The zero-order valence-electron chi connectivity index (χ0n) is 12.8. The molecule has 2 aromatic rings. The maximum absolute atomic E-state index is 10.1. The number of hydrogen-bond acceptors (Lipinski definition) is 5. The molecule has 0 saturated carbocycles. The van der Waals surface area contributed by atoms with E-state index < -0.39 is 0 Å². The molecule has 23 heavy (non-hydrogen) atoms. The van der Waals surface area contributed by atoms with E-state index in [9.17, 15) is 5.11 Å². The van der Waals surface area contributed by atoms with E-state index in [1.165, 1.54) is 11.1 Å². The number of nitrogens with one attached hydrogen (secondary N) is 1. The van der Waals surface area contributed by atoms with Gasteiger partial charge in [0.15, 0.2) is 23.0 Å². The van der Waals surface area contributed by atoms with Crippen LogP contribution in [-0.4, -0.2) is 25.6 Å². The third kappa shape index (κ3) is 1.71. The lowest BCUT2D eigenvalue weighted by Gasteiger charge is -2.35. The fraction of sp³-hybridized carbons (Fsp3) is 0.333. The molecule has 118 valence electrons. The van der Waals surface area contributed by atoms with Crippen molar-refractivity contribution >= 4 is 0 Å². The number of rotatable bonds is 1. The average molecular weight is 311 g/mol. The summed E-state index contributed by atoms with van der Waals surface area (Å²) in [6.45, 7) is 1.21. The first-order valence-electron chi connectivity index (χ1n) is 7.85. The number of methoxy groups -OCH3 is 1. The first-order valence-corrected chi connectivity index (χ1v) is 7.85. The minimum absolute atomic E-state index is 0.176. The van der Waals surface area contributed by atoms with E-state index in [1.807, 2.05) is 12.1 Å². The second-order valence-corrected chi connectivity index (χ2v) is 6.20. The molecule has 0 aromatic heterocycles. The average Bonchev–Trinajstić information content (AvgIpc) is 3.02. The number of hydrogen-bond donors (Lipinski definition) is 2. The van der Waals surface area contributed by atoms with Crippen LogP contribution in [0.2, 0.25) is 0 Å². The van der Waals surface area contributed by atoms with E-state index >= 15 is 0 Å². The fourth-order valence-electron chi connectivity index (χ4n) is 4.04. The minimum Gasteiger partial charge on any atom is -0.504 e. The summed E-state index contributed by atoms with van der Waals surface area (Å²) in [6.07, 6.45) is 1.84. The molecule has 0 spiro atoms. The standard InChI is InChI=1S/C18H17NO4/c1-21-14-7-11-10(5-13(14)20)4-12-16-9(2-3-19-12)6-15-18(17(11)16)23-8-22-15/h5-7,12,19-20H,2-4,8H2,1H3. The van der Waals surface area contributed by atoms with Gasteiger partial charge in [0, 0.05) is 11.6 Å². The molecular formula is C18H17NO4. The van der Waals surface area contributed by atoms with Crippen LogP contribution in [-0.2, 0) is 12.8 Å². The van der Waals surface area contributed by atoms with Crippen LogP contribution < -0.4 is 19.5 Å². The number of fused-ring (bicyclic) bond motifs is 4. The number of ether oxygens (including phenoxy) is 3. The predicted molar refractivity (Wildman–Crippen MR) is 84.4 cm³/mol. The van der Waals surface area contributed by atoms with Gasteiger partial charge in [-0.2, -0.15) is 0 Å². The molecule has 5 nitrogen and oxygen atoms in total. The van der Waals surface area contributed by atoms with Crippen molar-refractivity contribution in [2.24, 2.45) is 0 Å². The molecule has 2 heterocycles. The van der Waals surface area contributed by atoms with Crippen LogP contribution in [0.25, 0.3) is 11.1 Å². The molecule has 2 aromatic carbocycles. The van der Waals surface area contributed by atoms with Crippen LogP contribution in [0.4, 0.5) is 0 Å². The summed E-state index contributed by atoms with van der Waals surface area (Å²) in [5.74, 6) is 2.29. The Bertz CT molecular complexity index is 831. The van der Waals surface area contributed by atoms with Crippen molar-refractivity contribution in [2.45, 2.75) is 18.9 Å². The Morgan fingerprint density at radius 3 is 3.00 bits per heavy atom. The molecule has 1 unspecified atom stereocenters. The van der Waals surface area contributed by atoms with Crippen molar-refractivity contribution in [2.75, 3.05) is 20.4 Å². The van der Waals surface area contributed by atoms with Gasteiger partial charge in [-0.3, -0.25) is 0 Å². The highest BCUT2D eigenvalue weighted by atomic mass is 16.7. The summed E-state index contributed by atoms with van der Waals surface area (Å²) in [6, 6.07) is 6.09. The Balaban J connectivity index is 1.85. The SMILES string of the molecule is COc1cc2c(cc1O)CC1NCCc3cc4c(c-2c31)OCO4. The van der Waals surface area contributed by atoms with Gasteiger partial charge in [0.05, 0.1) is 7.11 Å². The number of benzene rings is 2. The molecule has 2 N–H and O–H groups in total. The van der Waals surface area contributed by atoms with Gasteiger partial charge in [0.1, 0.15) is 0 Å². The fourth-order valence-corrected chi connectivity index (χ4v) is 4.04. The van der Waals surface area contributed by atoms with Crippen molar-refractivity contribution in [3.63, 3.8) is 0 Å². The quantitative estimate of drug-likeness (QED) is 0.847. The third-order valence-corrected chi connectivity index (χ3v) is 5.02. The maximum Gasteiger partial charge on any atom is 0.231 e. The van der Waals surface area contributed by atoms with Crippen LogP contribution in [0.5, 0.6) is 23.0 Å².